The summed E-state index contributed by atoms with van der Waals surface area (Å²) < 4.78 is 5.75. The molecule has 0 unspecified atom stereocenters. The molecule has 1 saturated heterocycles. The fourth-order valence-electron chi connectivity index (χ4n) is 3.46. The van der Waals surface area contributed by atoms with Crippen LogP contribution in [-0.2, 0) is 14.3 Å². The Morgan fingerprint density at radius 2 is 1.92 bits per heavy atom. The highest BCUT2D eigenvalue weighted by atomic mass is 16.5. The molecule has 0 bridgehead atoms. The van der Waals surface area contributed by atoms with Gasteiger partial charge in [-0.3, -0.25) is 9.59 Å². The minimum Gasteiger partial charge on any atom is -0.497 e. The Morgan fingerprint density at radius 1 is 1.19 bits per heavy atom. The molecule has 0 radical (unpaired) electrons. The van der Waals surface area contributed by atoms with Crippen LogP contribution in [-0.4, -0.2) is 18.3 Å². The molecule has 1 aliphatic heterocycles. The molecule has 3 rings (SSSR count). The zero-order chi connectivity index (χ0) is 18.7. The van der Waals surface area contributed by atoms with Gasteiger partial charge in [0, 0.05) is 16.6 Å². The summed E-state index contributed by atoms with van der Waals surface area (Å²) in [4.78, 5) is 24.9. The lowest BCUT2D eigenvalue weighted by Crippen LogP contribution is -2.31. The lowest BCUT2D eigenvalue weighted by molar-refractivity contribution is -0.118. The quantitative estimate of drug-likeness (QED) is 0.891. The van der Waals surface area contributed by atoms with Gasteiger partial charge in [-0.15, -0.1) is 0 Å². The number of ether oxygens (including phenoxy) is 1. The monoisotopic (exact) mass is 351 g/mol. The van der Waals surface area contributed by atoms with E-state index in [2.05, 4.69) is 12.2 Å². The highest BCUT2D eigenvalue weighted by Crippen LogP contribution is 2.44. The average Bonchev–Trinajstić information content (AvgIpc) is 2.95. The third-order valence-corrected chi connectivity index (χ3v) is 5.18. The number of hydrogen-bond acceptors (Lipinski definition) is 3. The van der Waals surface area contributed by atoms with Crippen LogP contribution in [0.4, 0.5) is 0 Å². The van der Waals surface area contributed by atoms with Gasteiger partial charge in [-0.2, -0.15) is 0 Å². The molecule has 4 heteroatoms. The lowest BCUT2D eigenvalue weighted by Gasteiger charge is -2.26. The Labute approximate surface area is 154 Å². The summed E-state index contributed by atoms with van der Waals surface area (Å²) in [5.74, 6) is 0.651. The molecule has 26 heavy (non-hydrogen) atoms. The van der Waals surface area contributed by atoms with Crippen molar-refractivity contribution < 1.29 is 14.3 Å². The summed E-state index contributed by atoms with van der Waals surface area (Å²) in [5, 5.41) is 3.06. The van der Waals surface area contributed by atoms with Crippen molar-refractivity contribution in [3.8, 4) is 0 Å². The summed E-state index contributed by atoms with van der Waals surface area (Å²) in [5.41, 5.74) is 1.98. The Morgan fingerprint density at radius 3 is 2.62 bits per heavy atom. The summed E-state index contributed by atoms with van der Waals surface area (Å²) in [7, 11) is 0. The van der Waals surface area contributed by atoms with E-state index in [9.17, 15) is 9.59 Å². The molecule has 1 N–H and O–H groups in total. The Balaban J connectivity index is 1.87. The number of ketones is 1. The van der Waals surface area contributed by atoms with E-state index in [1.165, 1.54) is 6.92 Å². The molecule has 1 fully saturated rings. The molecule has 0 saturated carbocycles. The number of benzene rings is 1. The van der Waals surface area contributed by atoms with Gasteiger partial charge in [0.15, 0.2) is 5.78 Å². The summed E-state index contributed by atoms with van der Waals surface area (Å²) in [6.07, 6.45) is 6.78. The van der Waals surface area contributed by atoms with Crippen LogP contribution in [0.1, 0.15) is 45.2 Å². The number of hydrogen-bond donors (Lipinski definition) is 1. The van der Waals surface area contributed by atoms with Crippen molar-refractivity contribution in [2.45, 2.75) is 39.7 Å². The zero-order valence-electron chi connectivity index (χ0n) is 15.5. The number of carbonyl (C=O) groups is 2. The van der Waals surface area contributed by atoms with E-state index in [4.69, 9.17) is 4.74 Å². The van der Waals surface area contributed by atoms with Crippen molar-refractivity contribution in [2.75, 3.05) is 6.61 Å². The van der Waals surface area contributed by atoms with E-state index >= 15 is 0 Å². The molecule has 1 heterocycles. The van der Waals surface area contributed by atoms with Crippen LogP contribution < -0.4 is 5.32 Å². The largest absolute Gasteiger partial charge is 0.497 e. The highest BCUT2D eigenvalue weighted by Gasteiger charge is 2.38. The number of allylic oxidation sites excluding steroid dienone is 5. The highest BCUT2D eigenvalue weighted by molar-refractivity contribution is 6.01. The predicted molar refractivity (Wildman–Crippen MR) is 101 cm³/mol. The second-order valence-electron chi connectivity index (χ2n) is 7.32. The third-order valence-electron chi connectivity index (χ3n) is 5.18. The van der Waals surface area contributed by atoms with Crippen molar-refractivity contribution in [3.63, 3.8) is 0 Å². The van der Waals surface area contributed by atoms with Crippen LogP contribution in [0.25, 0.3) is 0 Å². The minimum absolute atomic E-state index is 0.0649. The molecule has 136 valence electrons. The van der Waals surface area contributed by atoms with Crippen LogP contribution in [0, 0.1) is 5.41 Å². The summed E-state index contributed by atoms with van der Waals surface area (Å²) in [6.45, 7) is 6.23. The first-order chi connectivity index (χ1) is 12.4. The second kappa shape index (κ2) is 7.32. The first kappa shape index (κ1) is 18.2. The van der Waals surface area contributed by atoms with Gasteiger partial charge < -0.3 is 10.1 Å². The first-order valence-electron chi connectivity index (χ1n) is 9.02. The Bertz CT molecular complexity index is 804. The van der Waals surface area contributed by atoms with Gasteiger partial charge >= 0.3 is 0 Å². The normalized spacial score (nSPS) is 29.3. The smallest absolute Gasteiger partial charge is 0.247 e. The Kier molecular flexibility index (Phi) is 5.12. The number of amides is 1. The van der Waals surface area contributed by atoms with Crippen molar-refractivity contribution in [1.29, 1.82) is 0 Å². The van der Waals surface area contributed by atoms with E-state index in [1.54, 1.807) is 12.2 Å². The van der Waals surface area contributed by atoms with Crippen LogP contribution in [0.3, 0.4) is 0 Å². The van der Waals surface area contributed by atoms with Gasteiger partial charge in [0.25, 0.3) is 0 Å². The number of nitrogens with one attached hydrogen (secondary N) is 1. The van der Waals surface area contributed by atoms with Crippen molar-refractivity contribution in [1.82, 2.24) is 5.32 Å². The maximum absolute atomic E-state index is 13.0. The Hall–Kier alpha value is -2.62. The summed E-state index contributed by atoms with van der Waals surface area (Å²) >= 11 is 0. The fraction of sp³-hybridized carbons (Fsp3) is 0.364. The van der Waals surface area contributed by atoms with Crippen molar-refractivity contribution in [2.24, 2.45) is 5.41 Å². The van der Waals surface area contributed by atoms with Gasteiger partial charge in [0.1, 0.15) is 5.76 Å². The molecular formula is C22H25NO3. The van der Waals surface area contributed by atoms with Gasteiger partial charge in [-0.1, -0.05) is 37.3 Å². The average molecular weight is 351 g/mol. The number of fused-ring (bicyclic) bond motifs is 1. The molecule has 1 aromatic carbocycles. The molecule has 2 aliphatic rings. The second-order valence-corrected chi connectivity index (χ2v) is 7.32. The van der Waals surface area contributed by atoms with Crippen LogP contribution in [0.2, 0.25) is 0 Å². The minimum atomic E-state index is -0.210. The third kappa shape index (κ3) is 3.79. The molecule has 2 atom stereocenters. The number of carbonyl (C=O) groups excluding carboxylic acids is 2. The molecule has 1 amide bonds. The molecule has 1 aromatic rings. The van der Waals surface area contributed by atoms with Gasteiger partial charge in [-0.05, 0) is 50.5 Å². The van der Waals surface area contributed by atoms with E-state index in [-0.39, 0.29) is 23.1 Å². The van der Waals surface area contributed by atoms with Crippen molar-refractivity contribution in [3.05, 3.63) is 71.0 Å². The first-order valence-corrected chi connectivity index (χ1v) is 9.02. The maximum Gasteiger partial charge on any atom is 0.247 e. The van der Waals surface area contributed by atoms with Gasteiger partial charge in [0.05, 0.1) is 12.6 Å². The SMILES string of the molecule is CC(=O)C1=C/C=C2/OCC[C@@]2(C)C/C(C(=O)N[C@@H](C)c2ccccc2)=C\1. The van der Waals surface area contributed by atoms with Gasteiger partial charge in [-0.25, -0.2) is 0 Å². The lowest BCUT2D eigenvalue weighted by atomic mass is 9.78. The van der Waals surface area contributed by atoms with E-state index < -0.39 is 0 Å². The van der Waals surface area contributed by atoms with Crippen molar-refractivity contribution >= 4 is 11.7 Å². The van der Waals surface area contributed by atoms with E-state index in [1.807, 2.05) is 43.3 Å². The van der Waals surface area contributed by atoms with E-state index in [0.29, 0.717) is 24.2 Å². The standard InChI is InChI=1S/C22H25NO3/c1-15(17-7-5-4-6-8-17)23-21(25)19-13-18(16(2)24)9-10-20-22(3,14-19)11-12-26-20/h4-10,13,15H,11-12,14H2,1-3H3,(H,23,25)/b18-9+,19-13+,20-10+/t15-,22-/m0/s1. The molecule has 4 nitrogen and oxygen atoms in total. The number of Topliss-reactive ketones (excluding diaryl/α,β-unsaturated/α-hetero) is 1. The molecular weight excluding hydrogens is 326 g/mol. The topological polar surface area (TPSA) is 55.4 Å². The molecule has 0 aromatic heterocycles. The number of rotatable bonds is 4. The molecule has 1 aliphatic carbocycles. The zero-order valence-corrected chi connectivity index (χ0v) is 15.5. The molecule has 0 spiro atoms. The maximum atomic E-state index is 13.0. The summed E-state index contributed by atoms with van der Waals surface area (Å²) in [6, 6.07) is 9.74. The fourth-order valence-corrected chi connectivity index (χ4v) is 3.46. The van der Waals surface area contributed by atoms with Crippen LogP contribution in [0.5, 0.6) is 0 Å². The van der Waals surface area contributed by atoms with E-state index in [0.717, 1.165) is 17.7 Å². The van der Waals surface area contributed by atoms with Gasteiger partial charge in [0.2, 0.25) is 5.91 Å². The predicted octanol–water partition coefficient (Wildman–Crippen LogP) is 4.02. The van der Waals surface area contributed by atoms with Crippen LogP contribution >= 0.6 is 0 Å². The van der Waals surface area contributed by atoms with Crippen LogP contribution in [0.15, 0.2) is 65.5 Å².